The number of carbonyl (C=O) groups excluding carboxylic acids is 3. The molecule has 2 atom stereocenters. The van der Waals surface area contributed by atoms with E-state index < -0.39 is 17.1 Å². The van der Waals surface area contributed by atoms with Crippen LogP contribution in [0.2, 0.25) is 0 Å². The predicted octanol–water partition coefficient (Wildman–Crippen LogP) is 3.99. The second kappa shape index (κ2) is 12.8. The van der Waals surface area contributed by atoms with Crippen LogP contribution < -0.4 is 4.90 Å². The van der Waals surface area contributed by atoms with Crippen LogP contribution in [0.15, 0.2) is 79.0 Å². The molecule has 3 heterocycles. The van der Waals surface area contributed by atoms with Crippen molar-refractivity contribution in [1.29, 1.82) is 0 Å². The van der Waals surface area contributed by atoms with Crippen LogP contribution in [0, 0.1) is 10.1 Å². The molecule has 2 aromatic carbocycles. The SMILES string of the molecule is O=C(S[C@H]1C[C@@H](C(=O)N2CCN(c3ccccn3)CC2)N(C(=O)OCc2ccc([N+](=O)[O-])cc2)C1)c1ccccc1. The third kappa shape index (κ3) is 6.83. The number of rotatable bonds is 7. The maximum absolute atomic E-state index is 13.7. The molecule has 2 aliphatic rings. The molecule has 2 aliphatic heterocycles. The van der Waals surface area contributed by atoms with Gasteiger partial charge >= 0.3 is 6.09 Å². The Bertz CT molecular complexity index is 1380. The van der Waals surface area contributed by atoms with Gasteiger partial charge in [-0.15, -0.1) is 0 Å². The Morgan fingerprint density at radius 2 is 1.66 bits per heavy atom. The van der Waals surface area contributed by atoms with E-state index in [-0.39, 0.29) is 35.1 Å². The van der Waals surface area contributed by atoms with Gasteiger partial charge < -0.3 is 14.5 Å². The molecular formula is C29H29N5O6S. The number of hydrogen-bond donors (Lipinski definition) is 0. The molecule has 2 amide bonds. The Morgan fingerprint density at radius 3 is 2.32 bits per heavy atom. The van der Waals surface area contributed by atoms with Gasteiger partial charge in [0.15, 0.2) is 0 Å². The first kappa shape index (κ1) is 28.1. The minimum absolute atomic E-state index is 0.0589. The zero-order chi connectivity index (χ0) is 28.8. The molecule has 0 spiro atoms. The number of carbonyl (C=O) groups is 3. The van der Waals surface area contributed by atoms with Crippen molar-refractivity contribution in [2.24, 2.45) is 0 Å². The van der Waals surface area contributed by atoms with Crippen molar-refractivity contribution >= 4 is 40.4 Å². The number of thioether (sulfide) groups is 1. The maximum atomic E-state index is 13.7. The Kier molecular flexibility index (Phi) is 8.78. The third-order valence-electron chi connectivity index (χ3n) is 7.14. The van der Waals surface area contributed by atoms with Gasteiger partial charge in [-0.1, -0.05) is 48.2 Å². The van der Waals surface area contributed by atoms with E-state index >= 15 is 0 Å². The Labute approximate surface area is 241 Å². The molecule has 3 aromatic rings. The summed E-state index contributed by atoms with van der Waals surface area (Å²) in [5.41, 5.74) is 1.09. The number of nitrogens with zero attached hydrogens (tertiary/aromatic N) is 5. The summed E-state index contributed by atoms with van der Waals surface area (Å²) in [4.78, 5) is 59.9. The molecular weight excluding hydrogens is 546 g/mol. The summed E-state index contributed by atoms with van der Waals surface area (Å²) in [6.07, 6.45) is 1.40. The first-order valence-electron chi connectivity index (χ1n) is 13.3. The average Bonchev–Trinajstić information content (AvgIpc) is 3.44. The van der Waals surface area contributed by atoms with E-state index in [0.717, 1.165) is 17.6 Å². The van der Waals surface area contributed by atoms with Crippen LogP contribution in [-0.4, -0.2) is 80.8 Å². The van der Waals surface area contributed by atoms with E-state index in [1.165, 1.54) is 29.2 Å². The fourth-order valence-corrected chi connectivity index (χ4v) is 6.05. The van der Waals surface area contributed by atoms with Gasteiger partial charge in [-0.25, -0.2) is 9.78 Å². The van der Waals surface area contributed by atoms with E-state index in [1.54, 1.807) is 35.4 Å². The second-order valence-corrected chi connectivity index (χ2v) is 11.0. The molecule has 0 unspecified atom stereocenters. The minimum Gasteiger partial charge on any atom is -0.445 e. The van der Waals surface area contributed by atoms with Crippen LogP contribution in [-0.2, 0) is 16.1 Å². The minimum atomic E-state index is -0.762. The van der Waals surface area contributed by atoms with Gasteiger partial charge in [0.25, 0.3) is 5.69 Å². The zero-order valence-electron chi connectivity index (χ0n) is 22.2. The molecule has 0 saturated carbocycles. The first-order chi connectivity index (χ1) is 19.9. The lowest BCUT2D eigenvalue weighted by atomic mass is 10.1. The van der Waals surface area contributed by atoms with Gasteiger partial charge in [-0.3, -0.25) is 24.6 Å². The van der Waals surface area contributed by atoms with Crippen LogP contribution in [0.25, 0.3) is 0 Å². The Morgan fingerprint density at radius 1 is 0.951 bits per heavy atom. The summed E-state index contributed by atoms with van der Waals surface area (Å²) in [7, 11) is 0. The highest BCUT2D eigenvalue weighted by Gasteiger charge is 2.43. The van der Waals surface area contributed by atoms with Gasteiger partial charge in [0.05, 0.1) is 4.92 Å². The monoisotopic (exact) mass is 575 g/mol. The molecule has 41 heavy (non-hydrogen) atoms. The smallest absolute Gasteiger partial charge is 0.410 e. The lowest BCUT2D eigenvalue weighted by Crippen LogP contribution is -2.54. The van der Waals surface area contributed by atoms with Crippen molar-refractivity contribution in [2.45, 2.75) is 24.3 Å². The normalized spacial score (nSPS) is 18.7. The topological polar surface area (TPSA) is 126 Å². The van der Waals surface area contributed by atoms with E-state index in [2.05, 4.69) is 9.88 Å². The number of non-ortho nitro benzene ring substituents is 1. The van der Waals surface area contributed by atoms with Crippen LogP contribution in [0.3, 0.4) is 0 Å². The number of aromatic nitrogens is 1. The van der Waals surface area contributed by atoms with Crippen LogP contribution in [0.1, 0.15) is 22.3 Å². The van der Waals surface area contributed by atoms with Crippen molar-refractivity contribution < 1.29 is 24.0 Å². The maximum Gasteiger partial charge on any atom is 0.410 e. The highest BCUT2D eigenvalue weighted by Crippen LogP contribution is 2.32. The average molecular weight is 576 g/mol. The van der Waals surface area contributed by atoms with Crippen molar-refractivity contribution in [2.75, 3.05) is 37.6 Å². The first-order valence-corrected chi connectivity index (χ1v) is 14.1. The highest BCUT2D eigenvalue weighted by molar-refractivity contribution is 8.14. The number of amides is 2. The molecule has 1 aromatic heterocycles. The predicted molar refractivity (Wildman–Crippen MR) is 154 cm³/mol. The second-order valence-electron chi connectivity index (χ2n) is 9.78. The Balaban J connectivity index is 1.25. The van der Waals surface area contributed by atoms with Gasteiger partial charge in [0.1, 0.15) is 18.5 Å². The number of ether oxygens (including phenoxy) is 1. The molecule has 2 saturated heterocycles. The number of piperazine rings is 1. The quantitative estimate of drug-likeness (QED) is 0.304. The number of nitro groups is 1. The summed E-state index contributed by atoms with van der Waals surface area (Å²) >= 11 is 1.13. The molecule has 2 fully saturated rings. The van der Waals surface area contributed by atoms with Crippen molar-refractivity contribution in [3.05, 3.63) is 100 Å². The van der Waals surface area contributed by atoms with Crippen LogP contribution in [0.4, 0.5) is 16.3 Å². The molecule has 0 N–H and O–H groups in total. The van der Waals surface area contributed by atoms with E-state index in [1.807, 2.05) is 24.3 Å². The summed E-state index contributed by atoms with van der Waals surface area (Å²) in [6, 6.07) is 19.6. The number of anilines is 1. The van der Waals surface area contributed by atoms with Crippen molar-refractivity contribution in [3.63, 3.8) is 0 Å². The molecule has 5 rings (SSSR count). The van der Waals surface area contributed by atoms with Gasteiger partial charge in [0.2, 0.25) is 11.0 Å². The summed E-state index contributed by atoms with van der Waals surface area (Å²) in [6.45, 7) is 2.29. The van der Waals surface area contributed by atoms with E-state index in [4.69, 9.17) is 4.74 Å². The lowest BCUT2D eigenvalue weighted by molar-refractivity contribution is -0.384. The van der Waals surface area contributed by atoms with Crippen molar-refractivity contribution in [1.82, 2.24) is 14.8 Å². The summed E-state index contributed by atoms with van der Waals surface area (Å²) in [5.74, 6) is 0.681. The molecule has 0 aliphatic carbocycles. The molecule has 212 valence electrons. The lowest BCUT2D eigenvalue weighted by Gasteiger charge is -2.37. The zero-order valence-corrected chi connectivity index (χ0v) is 23.0. The number of nitro benzene ring substituents is 1. The molecule has 0 bridgehead atoms. The molecule has 12 heteroatoms. The third-order valence-corrected chi connectivity index (χ3v) is 8.26. The number of pyridine rings is 1. The van der Waals surface area contributed by atoms with Crippen LogP contribution in [0.5, 0.6) is 0 Å². The summed E-state index contributed by atoms with van der Waals surface area (Å²) in [5, 5.41) is 10.5. The number of likely N-dealkylation sites (tertiary alicyclic amines) is 1. The largest absolute Gasteiger partial charge is 0.445 e. The summed E-state index contributed by atoms with van der Waals surface area (Å²) < 4.78 is 5.53. The van der Waals surface area contributed by atoms with E-state index in [0.29, 0.717) is 43.7 Å². The number of hydrogen-bond acceptors (Lipinski definition) is 9. The van der Waals surface area contributed by atoms with E-state index in [9.17, 15) is 24.5 Å². The van der Waals surface area contributed by atoms with Crippen LogP contribution >= 0.6 is 11.8 Å². The fourth-order valence-electron chi connectivity index (χ4n) is 4.96. The van der Waals surface area contributed by atoms with Gasteiger partial charge in [-0.05, 0) is 36.2 Å². The van der Waals surface area contributed by atoms with Gasteiger partial charge in [-0.2, -0.15) is 0 Å². The Hall–Kier alpha value is -4.45. The standard InChI is InChI=1S/C29H29N5O6S/c35-27(32-16-14-31(15-17-32)26-8-4-5-13-30-26)25-18-24(41-28(36)22-6-2-1-3-7-22)19-33(25)29(37)40-20-21-9-11-23(12-10-21)34(38)39/h1-13,24-25H,14-20H2/t24-,25-/m0/s1. The van der Waals surface area contributed by atoms with Gasteiger partial charge in [0, 0.05) is 61.9 Å². The number of benzene rings is 2. The molecule has 0 radical (unpaired) electrons. The highest BCUT2D eigenvalue weighted by atomic mass is 32.2. The van der Waals surface area contributed by atoms with Crippen molar-refractivity contribution in [3.8, 4) is 0 Å². The molecule has 11 nitrogen and oxygen atoms in total. The fraction of sp³-hybridized carbons (Fsp3) is 0.310.